The summed E-state index contributed by atoms with van der Waals surface area (Å²) in [4.78, 5) is 12.5. The number of aliphatic hydroxyl groups excluding tert-OH is 2. The minimum absolute atomic E-state index is 0.0895. The predicted molar refractivity (Wildman–Crippen MR) is 331 cm³/mol. The first-order valence-electron chi connectivity index (χ1n) is 32.1. The lowest BCUT2D eigenvalue weighted by Gasteiger charge is -2.20. The Morgan fingerprint density at radius 2 is 0.595 bits per heavy atom. The van der Waals surface area contributed by atoms with Crippen LogP contribution in [-0.2, 0) is 4.79 Å². The van der Waals surface area contributed by atoms with Crippen LogP contribution in [0.4, 0.5) is 0 Å². The van der Waals surface area contributed by atoms with Crippen molar-refractivity contribution >= 4 is 5.91 Å². The summed E-state index contributed by atoms with van der Waals surface area (Å²) < 4.78 is 0. The lowest BCUT2D eigenvalue weighted by Crippen LogP contribution is -2.45. The van der Waals surface area contributed by atoms with E-state index in [2.05, 4.69) is 116 Å². The van der Waals surface area contributed by atoms with E-state index < -0.39 is 12.1 Å². The van der Waals surface area contributed by atoms with E-state index >= 15 is 0 Å². The van der Waals surface area contributed by atoms with Crippen molar-refractivity contribution in [1.29, 1.82) is 0 Å². The van der Waals surface area contributed by atoms with E-state index in [1.807, 2.05) is 6.08 Å². The zero-order chi connectivity index (χ0) is 53.4. The molecule has 0 saturated carbocycles. The molecular formula is C70H123NO3. The fourth-order valence-electron chi connectivity index (χ4n) is 9.43. The van der Waals surface area contributed by atoms with Crippen molar-refractivity contribution in [2.75, 3.05) is 6.61 Å². The van der Waals surface area contributed by atoms with Gasteiger partial charge in [-0.3, -0.25) is 4.79 Å². The summed E-state index contributed by atoms with van der Waals surface area (Å²) in [6.45, 7) is 4.20. The topological polar surface area (TPSA) is 69.6 Å². The summed E-state index contributed by atoms with van der Waals surface area (Å²) in [6, 6.07) is -0.646. The summed E-state index contributed by atoms with van der Waals surface area (Å²) in [5.74, 6) is -0.0895. The Morgan fingerprint density at radius 1 is 0.338 bits per heavy atom. The highest BCUT2D eigenvalue weighted by molar-refractivity contribution is 5.76. The molecular weight excluding hydrogens is 903 g/mol. The van der Waals surface area contributed by atoms with Crippen LogP contribution >= 0.6 is 0 Å². The molecule has 0 fully saturated rings. The van der Waals surface area contributed by atoms with Crippen LogP contribution in [0.25, 0.3) is 0 Å². The molecule has 1 amide bonds. The molecule has 0 aliphatic heterocycles. The first-order chi connectivity index (χ1) is 36.7. The molecule has 0 bridgehead atoms. The molecule has 0 spiro atoms. The summed E-state index contributed by atoms with van der Waals surface area (Å²) in [7, 11) is 0. The number of unbranched alkanes of at least 4 members (excludes halogenated alkanes) is 35. The largest absolute Gasteiger partial charge is 0.394 e. The third-order valence-electron chi connectivity index (χ3n) is 14.3. The molecule has 74 heavy (non-hydrogen) atoms. The Bertz CT molecular complexity index is 1400. The second kappa shape index (κ2) is 64.3. The van der Waals surface area contributed by atoms with Crippen molar-refractivity contribution in [3.63, 3.8) is 0 Å². The molecule has 2 unspecified atom stereocenters. The van der Waals surface area contributed by atoms with Crippen molar-refractivity contribution in [2.24, 2.45) is 0 Å². The Balaban J connectivity index is 3.56. The van der Waals surface area contributed by atoms with Crippen molar-refractivity contribution in [1.82, 2.24) is 5.32 Å². The molecule has 0 rings (SSSR count). The predicted octanol–water partition coefficient (Wildman–Crippen LogP) is 21.8. The maximum absolute atomic E-state index is 12.5. The molecule has 0 aromatic rings. The molecule has 2 atom stereocenters. The molecule has 0 heterocycles. The number of allylic oxidation sites excluding steroid dienone is 17. The van der Waals surface area contributed by atoms with Crippen LogP contribution in [0.3, 0.4) is 0 Å². The van der Waals surface area contributed by atoms with Crippen LogP contribution in [0, 0.1) is 0 Å². The van der Waals surface area contributed by atoms with E-state index in [0.29, 0.717) is 6.42 Å². The fraction of sp³-hybridized carbons (Fsp3) is 0.729. The second-order valence-corrected chi connectivity index (χ2v) is 21.5. The van der Waals surface area contributed by atoms with Gasteiger partial charge >= 0.3 is 0 Å². The van der Waals surface area contributed by atoms with Crippen molar-refractivity contribution in [2.45, 2.75) is 321 Å². The van der Waals surface area contributed by atoms with E-state index in [1.165, 1.54) is 193 Å². The zero-order valence-corrected chi connectivity index (χ0v) is 49.1. The normalized spacial score (nSPS) is 13.5. The van der Waals surface area contributed by atoms with E-state index in [1.54, 1.807) is 6.08 Å². The quantitative estimate of drug-likeness (QED) is 0.0420. The van der Waals surface area contributed by atoms with Crippen molar-refractivity contribution in [3.05, 3.63) is 109 Å². The van der Waals surface area contributed by atoms with Gasteiger partial charge < -0.3 is 15.5 Å². The highest BCUT2D eigenvalue weighted by Gasteiger charge is 2.18. The third kappa shape index (κ3) is 59.9. The van der Waals surface area contributed by atoms with E-state index in [4.69, 9.17) is 0 Å². The van der Waals surface area contributed by atoms with E-state index in [-0.39, 0.29) is 12.5 Å². The standard InChI is InChI=1S/C70H123NO3/c1-3-5-7-9-11-13-15-17-19-21-23-25-27-29-31-33-34-35-36-38-39-41-43-45-47-49-51-53-55-57-59-61-63-65-69(73)68(67-72)71-70(74)66-64-62-60-58-56-54-52-50-48-46-44-42-40-37-32-30-28-26-24-22-20-18-16-14-12-10-8-6-4-2/h6,8,12,14,18,20,24,26,30,32,40,42,46,48,52,54,63,65,68-69,72-73H,3-5,7,9-11,13,15-17,19,21-23,25,27-29,31,33-39,41,43-45,47,49-51,53,55-62,64,66-67H2,1-2H3,(H,71,74)/b8-6-,14-12-,20-18-,26-24-,32-30-,42-40-,48-46-,54-52-,65-63+. The van der Waals surface area contributed by atoms with E-state index in [9.17, 15) is 15.0 Å². The first kappa shape index (κ1) is 71.0. The van der Waals surface area contributed by atoms with Gasteiger partial charge in [-0.2, -0.15) is 0 Å². The minimum atomic E-state index is -0.860. The SMILES string of the molecule is CC/C=C\C/C=C\C/C=C\C/C=C\C/C=C\C/C=C\C/C=C\C/C=C\CCCCCCC(=O)NC(CO)C(O)/C=C/CCCCCCCCCCCCCCCCCCCCCCCCCCCCCCCCC. The minimum Gasteiger partial charge on any atom is -0.394 e. The Morgan fingerprint density at radius 3 is 0.892 bits per heavy atom. The number of hydrogen-bond donors (Lipinski definition) is 3. The molecule has 0 aliphatic carbocycles. The molecule has 0 aromatic heterocycles. The van der Waals surface area contributed by atoms with Crippen LogP contribution in [-0.4, -0.2) is 34.9 Å². The Labute approximate surface area is 461 Å². The lowest BCUT2D eigenvalue weighted by atomic mass is 10.0. The summed E-state index contributed by atoms with van der Waals surface area (Å²) in [5.41, 5.74) is 0. The highest BCUT2D eigenvalue weighted by Crippen LogP contribution is 2.17. The number of rotatable bonds is 58. The molecule has 4 heteroatoms. The molecule has 0 radical (unpaired) electrons. The average Bonchev–Trinajstić information content (AvgIpc) is 3.40. The van der Waals surface area contributed by atoms with Gasteiger partial charge in [-0.05, 0) is 83.5 Å². The number of aliphatic hydroxyl groups is 2. The third-order valence-corrected chi connectivity index (χ3v) is 14.3. The number of carbonyl (C=O) groups excluding carboxylic acids is 1. The lowest BCUT2D eigenvalue weighted by molar-refractivity contribution is -0.123. The molecule has 0 saturated heterocycles. The zero-order valence-electron chi connectivity index (χ0n) is 49.1. The summed E-state index contributed by atoms with van der Waals surface area (Å²) in [5, 5.41) is 23.2. The number of hydrogen-bond acceptors (Lipinski definition) is 3. The highest BCUT2D eigenvalue weighted by atomic mass is 16.3. The number of amides is 1. The number of nitrogens with one attached hydrogen (secondary N) is 1. The van der Waals surface area contributed by atoms with Gasteiger partial charge in [0.2, 0.25) is 5.91 Å². The maximum atomic E-state index is 12.5. The van der Waals surface area contributed by atoms with Gasteiger partial charge in [0, 0.05) is 6.42 Å². The van der Waals surface area contributed by atoms with Crippen LogP contribution in [0.15, 0.2) is 109 Å². The van der Waals surface area contributed by atoms with Crippen molar-refractivity contribution in [3.8, 4) is 0 Å². The van der Waals surface area contributed by atoms with Gasteiger partial charge in [-0.25, -0.2) is 0 Å². The van der Waals surface area contributed by atoms with Gasteiger partial charge in [0.1, 0.15) is 0 Å². The Kier molecular flexibility index (Phi) is 61.8. The van der Waals surface area contributed by atoms with Crippen LogP contribution in [0.5, 0.6) is 0 Å². The van der Waals surface area contributed by atoms with Crippen LogP contribution in [0.1, 0.15) is 309 Å². The van der Waals surface area contributed by atoms with Gasteiger partial charge in [0.05, 0.1) is 18.8 Å². The smallest absolute Gasteiger partial charge is 0.220 e. The van der Waals surface area contributed by atoms with Gasteiger partial charge in [0.25, 0.3) is 0 Å². The molecule has 4 nitrogen and oxygen atoms in total. The second-order valence-electron chi connectivity index (χ2n) is 21.5. The van der Waals surface area contributed by atoms with Gasteiger partial charge in [0.15, 0.2) is 0 Å². The van der Waals surface area contributed by atoms with Crippen LogP contribution in [0.2, 0.25) is 0 Å². The molecule has 0 aromatic carbocycles. The Hall–Kier alpha value is -2.95. The van der Waals surface area contributed by atoms with Crippen LogP contribution < -0.4 is 5.32 Å². The number of carbonyl (C=O) groups is 1. The van der Waals surface area contributed by atoms with Crippen molar-refractivity contribution < 1.29 is 15.0 Å². The molecule has 0 aliphatic rings. The summed E-state index contributed by atoms with van der Waals surface area (Å²) in [6.07, 6.45) is 97.1. The van der Waals surface area contributed by atoms with Gasteiger partial charge in [-0.1, -0.05) is 329 Å². The molecule has 426 valence electrons. The van der Waals surface area contributed by atoms with E-state index in [0.717, 1.165) is 96.3 Å². The molecule has 3 N–H and O–H groups in total. The monoisotopic (exact) mass is 1030 g/mol. The average molecular weight is 1030 g/mol. The maximum Gasteiger partial charge on any atom is 0.220 e. The first-order valence-corrected chi connectivity index (χ1v) is 32.1. The fourth-order valence-corrected chi connectivity index (χ4v) is 9.43. The summed E-state index contributed by atoms with van der Waals surface area (Å²) >= 11 is 0. The van der Waals surface area contributed by atoms with Gasteiger partial charge in [-0.15, -0.1) is 0 Å².